The molecule has 2 nitrogen and oxygen atoms in total. The molecule has 2 atom stereocenters. The first-order valence-corrected chi connectivity index (χ1v) is 7.79. The number of nitrogens with one attached hydrogen (secondary N) is 1. The maximum absolute atomic E-state index is 3.68. The summed E-state index contributed by atoms with van der Waals surface area (Å²) in [6.07, 6.45) is 8.56. The number of rotatable bonds is 5. The number of hydrogen-bond donors (Lipinski definition) is 1. The highest BCUT2D eigenvalue weighted by Crippen LogP contribution is 2.28. The van der Waals surface area contributed by atoms with Crippen LogP contribution in [-0.2, 0) is 0 Å². The maximum atomic E-state index is 3.68. The van der Waals surface area contributed by atoms with E-state index in [2.05, 4.69) is 24.1 Å². The van der Waals surface area contributed by atoms with E-state index in [-0.39, 0.29) is 0 Å². The molecular weight excluding hydrogens is 208 g/mol. The third-order valence-corrected chi connectivity index (χ3v) is 4.90. The van der Waals surface area contributed by atoms with Crippen LogP contribution in [0.4, 0.5) is 0 Å². The zero-order valence-corrected chi connectivity index (χ0v) is 11.8. The summed E-state index contributed by atoms with van der Waals surface area (Å²) in [6, 6.07) is 0.809. The molecule has 1 heterocycles. The molecule has 100 valence electrons. The molecule has 0 spiro atoms. The Bertz CT molecular complexity index is 209. The summed E-state index contributed by atoms with van der Waals surface area (Å²) in [4.78, 5) is 2.73. The Morgan fingerprint density at radius 1 is 1.06 bits per heavy atom. The topological polar surface area (TPSA) is 15.3 Å². The minimum Gasteiger partial charge on any atom is -0.314 e. The first-order valence-electron chi connectivity index (χ1n) is 7.79. The second kappa shape index (κ2) is 6.75. The SMILES string of the molecule is CCNC1CCCC1CN1CCC(CC)CC1. The van der Waals surface area contributed by atoms with E-state index >= 15 is 0 Å². The monoisotopic (exact) mass is 238 g/mol. The van der Waals surface area contributed by atoms with Crippen LogP contribution >= 0.6 is 0 Å². The highest BCUT2D eigenvalue weighted by atomic mass is 15.1. The Morgan fingerprint density at radius 3 is 2.47 bits per heavy atom. The molecule has 2 unspecified atom stereocenters. The van der Waals surface area contributed by atoms with Gasteiger partial charge in [-0.3, -0.25) is 0 Å². The summed E-state index contributed by atoms with van der Waals surface area (Å²) < 4.78 is 0. The van der Waals surface area contributed by atoms with E-state index in [9.17, 15) is 0 Å². The third kappa shape index (κ3) is 3.69. The summed E-state index contributed by atoms with van der Waals surface area (Å²) in [7, 11) is 0. The molecule has 0 aromatic heterocycles. The zero-order chi connectivity index (χ0) is 12.1. The van der Waals surface area contributed by atoms with Gasteiger partial charge in [-0.25, -0.2) is 0 Å². The quantitative estimate of drug-likeness (QED) is 0.792. The van der Waals surface area contributed by atoms with Gasteiger partial charge in [0.2, 0.25) is 0 Å². The van der Waals surface area contributed by atoms with Gasteiger partial charge >= 0.3 is 0 Å². The molecule has 2 rings (SSSR count). The summed E-state index contributed by atoms with van der Waals surface area (Å²) in [5.74, 6) is 1.94. The van der Waals surface area contributed by atoms with Crippen molar-refractivity contribution < 1.29 is 0 Å². The fourth-order valence-corrected chi connectivity index (χ4v) is 3.70. The van der Waals surface area contributed by atoms with Crippen molar-refractivity contribution >= 4 is 0 Å². The lowest BCUT2D eigenvalue weighted by Crippen LogP contribution is -2.42. The second-order valence-electron chi connectivity index (χ2n) is 6.01. The minimum atomic E-state index is 0.809. The third-order valence-electron chi connectivity index (χ3n) is 4.90. The standard InChI is InChI=1S/C15H30N2/c1-3-13-8-10-17(11-9-13)12-14-6-5-7-15(14)16-4-2/h13-16H,3-12H2,1-2H3. The Kier molecular flexibility index (Phi) is 5.30. The van der Waals surface area contributed by atoms with Crippen molar-refractivity contribution in [2.24, 2.45) is 11.8 Å². The molecule has 17 heavy (non-hydrogen) atoms. The minimum absolute atomic E-state index is 0.809. The molecule has 0 aromatic rings. The predicted molar refractivity (Wildman–Crippen MR) is 74.3 cm³/mol. The van der Waals surface area contributed by atoms with Gasteiger partial charge in [0.1, 0.15) is 0 Å². The molecule has 1 aliphatic heterocycles. The molecule has 0 radical (unpaired) electrons. The molecular formula is C15H30N2. The normalized spacial score (nSPS) is 32.1. The average Bonchev–Trinajstić information content (AvgIpc) is 2.78. The van der Waals surface area contributed by atoms with Crippen LogP contribution in [0, 0.1) is 11.8 Å². The molecule has 2 aliphatic rings. The Morgan fingerprint density at radius 2 is 1.82 bits per heavy atom. The van der Waals surface area contributed by atoms with Crippen LogP contribution in [0.25, 0.3) is 0 Å². The molecule has 0 aromatic carbocycles. The molecule has 0 amide bonds. The molecule has 1 aliphatic carbocycles. The summed E-state index contributed by atoms with van der Waals surface area (Å²) in [5, 5.41) is 3.68. The van der Waals surface area contributed by atoms with E-state index < -0.39 is 0 Å². The largest absolute Gasteiger partial charge is 0.314 e. The van der Waals surface area contributed by atoms with E-state index in [0.717, 1.165) is 24.4 Å². The smallest absolute Gasteiger partial charge is 0.0107 e. The lowest BCUT2D eigenvalue weighted by Gasteiger charge is -2.34. The lowest BCUT2D eigenvalue weighted by molar-refractivity contribution is 0.151. The van der Waals surface area contributed by atoms with Gasteiger partial charge in [-0.05, 0) is 57.2 Å². The van der Waals surface area contributed by atoms with Crippen molar-refractivity contribution in [2.75, 3.05) is 26.2 Å². The van der Waals surface area contributed by atoms with E-state index in [0.29, 0.717) is 0 Å². The van der Waals surface area contributed by atoms with Crippen molar-refractivity contribution in [2.45, 2.75) is 58.4 Å². The summed E-state index contributed by atoms with van der Waals surface area (Å²) in [5.41, 5.74) is 0. The Balaban J connectivity index is 1.73. The first-order chi connectivity index (χ1) is 8.33. The van der Waals surface area contributed by atoms with Crippen LogP contribution in [0.1, 0.15) is 52.4 Å². The van der Waals surface area contributed by atoms with E-state index in [1.54, 1.807) is 0 Å². The van der Waals surface area contributed by atoms with Crippen LogP contribution in [0.5, 0.6) is 0 Å². The molecule has 2 fully saturated rings. The lowest BCUT2D eigenvalue weighted by atomic mass is 9.93. The van der Waals surface area contributed by atoms with Gasteiger partial charge in [0.25, 0.3) is 0 Å². The molecule has 0 bridgehead atoms. The van der Waals surface area contributed by atoms with Gasteiger partial charge in [0, 0.05) is 12.6 Å². The zero-order valence-electron chi connectivity index (χ0n) is 11.8. The van der Waals surface area contributed by atoms with Crippen LogP contribution in [0.3, 0.4) is 0 Å². The van der Waals surface area contributed by atoms with Gasteiger partial charge in [-0.1, -0.05) is 26.7 Å². The summed E-state index contributed by atoms with van der Waals surface area (Å²) in [6.45, 7) is 9.79. The Hall–Kier alpha value is -0.0800. The number of nitrogens with zero attached hydrogens (tertiary/aromatic N) is 1. The summed E-state index contributed by atoms with van der Waals surface area (Å²) >= 11 is 0. The molecule has 2 heteroatoms. The number of likely N-dealkylation sites (tertiary alicyclic amines) is 1. The molecule has 1 N–H and O–H groups in total. The van der Waals surface area contributed by atoms with Gasteiger partial charge in [0.15, 0.2) is 0 Å². The van der Waals surface area contributed by atoms with Crippen LogP contribution in [-0.4, -0.2) is 37.1 Å². The second-order valence-corrected chi connectivity index (χ2v) is 6.01. The number of piperidine rings is 1. The molecule has 1 saturated carbocycles. The van der Waals surface area contributed by atoms with Crippen molar-refractivity contribution in [1.29, 1.82) is 0 Å². The van der Waals surface area contributed by atoms with Gasteiger partial charge in [0.05, 0.1) is 0 Å². The highest BCUT2D eigenvalue weighted by molar-refractivity contribution is 4.86. The van der Waals surface area contributed by atoms with E-state index in [1.165, 1.54) is 58.2 Å². The fraction of sp³-hybridized carbons (Fsp3) is 1.00. The van der Waals surface area contributed by atoms with Crippen molar-refractivity contribution in [3.05, 3.63) is 0 Å². The maximum Gasteiger partial charge on any atom is 0.0107 e. The average molecular weight is 238 g/mol. The first kappa shape index (κ1) is 13.4. The van der Waals surface area contributed by atoms with Crippen LogP contribution in [0.15, 0.2) is 0 Å². The van der Waals surface area contributed by atoms with Crippen LogP contribution < -0.4 is 5.32 Å². The van der Waals surface area contributed by atoms with Crippen molar-refractivity contribution in [3.63, 3.8) is 0 Å². The predicted octanol–water partition coefficient (Wildman–Crippen LogP) is 2.89. The van der Waals surface area contributed by atoms with Gasteiger partial charge < -0.3 is 10.2 Å². The van der Waals surface area contributed by atoms with Crippen molar-refractivity contribution in [3.8, 4) is 0 Å². The van der Waals surface area contributed by atoms with Crippen LogP contribution in [0.2, 0.25) is 0 Å². The van der Waals surface area contributed by atoms with Crippen molar-refractivity contribution in [1.82, 2.24) is 10.2 Å². The van der Waals surface area contributed by atoms with Gasteiger partial charge in [-0.15, -0.1) is 0 Å². The number of hydrogen-bond acceptors (Lipinski definition) is 2. The fourth-order valence-electron chi connectivity index (χ4n) is 3.70. The van der Waals surface area contributed by atoms with E-state index in [1.807, 2.05) is 0 Å². The highest BCUT2D eigenvalue weighted by Gasteiger charge is 2.29. The van der Waals surface area contributed by atoms with Gasteiger partial charge in [-0.2, -0.15) is 0 Å². The van der Waals surface area contributed by atoms with E-state index in [4.69, 9.17) is 0 Å². The Labute approximate surface area is 107 Å². The molecule has 1 saturated heterocycles.